The maximum atomic E-state index is 11.5. The second-order valence-electron chi connectivity index (χ2n) is 2.83. The van der Waals surface area contributed by atoms with Crippen LogP contribution in [0.4, 0.5) is 0 Å². The number of aromatic nitrogens is 1. The third-order valence-electron chi connectivity index (χ3n) is 1.63. The maximum Gasteiger partial charge on any atom is 0.303 e. The number of nitrogens with zero attached hydrogens (tertiary/aromatic N) is 1. The van der Waals surface area contributed by atoms with Gasteiger partial charge >= 0.3 is 5.97 Å². The van der Waals surface area contributed by atoms with Gasteiger partial charge < -0.3 is 4.74 Å². The molecule has 1 aromatic heterocycles. The zero-order valence-corrected chi connectivity index (χ0v) is 8.06. The van der Waals surface area contributed by atoms with E-state index in [-0.39, 0.29) is 5.78 Å². The number of hydrogen-bond donors (Lipinski definition) is 0. The molecule has 0 bridgehead atoms. The minimum atomic E-state index is -0.776. The molecule has 0 aromatic carbocycles. The number of ether oxygens (including phenoxy) is 1. The monoisotopic (exact) mass is 193 g/mol. The molecule has 74 valence electrons. The fourth-order valence-electron chi connectivity index (χ4n) is 1.02. The number of pyridine rings is 1. The molecule has 14 heavy (non-hydrogen) atoms. The van der Waals surface area contributed by atoms with Crippen LogP contribution in [0.5, 0.6) is 0 Å². The van der Waals surface area contributed by atoms with Crippen molar-refractivity contribution < 1.29 is 14.3 Å². The summed E-state index contributed by atoms with van der Waals surface area (Å²) in [6, 6.07) is 5.01. The van der Waals surface area contributed by atoms with E-state index in [2.05, 4.69) is 4.98 Å². The van der Waals surface area contributed by atoms with Crippen molar-refractivity contribution in [2.24, 2.45) is 0 Å². The van der Waals surface area contributed by atoms with Gasteiger partial charge in [0.25, 0.3) is 0 Å². The highest BCUT2D eigenvalue weighted by Crippen LogP contribution is 2.02. The minimum absolute atomic E-state index is 0.291. The molecule has 1 atom stereocenters. The van der Waals surface area contributed by atoms with Crippen LogP contribution in [0, 0.1) is 0 Å². The van der Waals surface area contributed by atoms with Crippen LogP contribution >= 0.6 is 0 Å². The van der Waals surface area contributed by atoms with Crippen molar-refractivity contribution >= 4 is 11.8 Å². The second-order valence-corrected chi connectivity index (χ2v) is 2.83. The van der Waals surface area contributed by atoms with Crippen LogP contribution < -0.4 is 0 Å². The molecular weight excluding hydrogens is 182 g/mol. The van der Waals surface area contributed by atoms with E-state index >= 15 is 0 Å². The lowest BCUT2D eigenvalue weighted by molar-refractivity contribution is -0.143. The van der Waals surface area contributed by atoms with Crippen LogP contribution in [0.15, 0.2) is 24.4 Å². The van der Waals surface area contributed by atoms with Gasteiger partial charge in [-0.2, -0.15) is 0 Å². The fourth-order valence-corrected chi connectivity index (χ4v) is 1.02. The lowest BCUT2D eigenvalue weighted by atomic mass is 10.2. The van der Waals surface area contributed by atoms with E-state index in [0.29, 0.717) is 5.69 Å². The van der Waals surface area contributed by atoms with Crippen LogP contribution in [0.25, 0.3) is 0 Å². The van der Waals surface area contributed by atoms with Crippen LogP contribution in [0.3, 0.4) is 0 Å². The molecule has 4 nitrogen and oxygen atoms in total. The van der Waals surface area contributed by atoms with Crippen molar-refractivity contribution in [3.63, 3.8) is 0 Å². The Kier molecular flexibility index (Phi) is 3.34. The number of carbonyl (C=O) groups excluding carboxylic acids is 2. The van der Waals surface area contributed by atoms with Crippen LogP contribution in [0.2, 0.25) is 0 Å². The summed E-state index contributed by atoms with van der Waals surface area (Å²) in [5, 5.41) is 0. The van der Waals surface area contributed by atoms with Crippen LogP contribution in [0.1, 0.15) is 24.3 Å². The zero-order valence-electron chi connectivity index (χ0n) is 8.06. The molecule has 1 heterocycles. The molecule has 0 aliphatic heterocycles. The largest absolute Gasteiger partial charge is 0.454 e. The van der Waals surface area contributed by atoms with Crippen LogP contribution in [-0.2, 0) is 9.53 Å². The maximum absolute atomic E-state index is 11.5. The molecule has 0 aliphatic carbocycles. The molecule has 0 N–H and O–H groups in total. The Hall–Kier alpha value is -1.71. The first-order chi connectivity index (χ1) is 6.61. The van der Waals surface area contributed by atoms with Gasteiger partial charge in [-0.3, -0.25) is 14.6 Å². The fraction of sp³-hybridized carbons (Fsp3) is 0.300. The summed E-state index contributed by atoms with van der Waals surface area (Å²) in [6.45, 7) is 2.79. The van der Waals surface area contributed by atoms with Gasteiger partial charge in [-0.05, 0) is 19.1 Å². The van der Waals surface area contributed by atoms with Crippen molar-refractivity contribution in [2.45, 2.75) is 20.0 Å². The predicted octanol–water partition coefficient (Wildman–Crippen LogP) is 1.22. The van der Waals surface area contributed by atoms with E-state index in [1.165, 1.54) is 20.0 Å². The van der Waals surface area contributed by atoms with Crippen molar-refractivity contribution in [3.05, 3.63) is 30.1 Å². The highest BCUT2D eigenvalue weighted by Gasteiger charge is 2.18. The normalized spacial score (nSPS) is 11.9. The summed E-state index contributed by atoms with van der Waals surface area (Å²) in [7, 11) is 0. The standard InChI is InChI=1S/C10H11NO3/c1-7(14-8(2)12)10(13)9-5-3-4-6-11-9/h3-7H,1-2H3. The summed E-state index contributed by atoms with van der Waals surface area (Å²) >= 11 is 0. The van der Waals surface area contributed by atoms with E-state index in [4.69, 9.17) is 4.74 Å². The first-order valence-corrected chi connectivity index (χ1v) is 4.23. The highest BCUT2D eigenvalue weighted by molar-refractivity contribution is 5.98. The van der Waals surface area contributed by atoms with E-state index in [9.17, 15) is 9.59 Å². The predicted molar refractivity (Wildman–Crippen MR) is 49.8 cm³/mol. The number of carbonyl (C=O) groups is 2. The Morgan fingerprint density at radius 2 is 2.14 bits per heavy atom. The summed E-state index contributed by atoms with van der Waals surface area (Å²) in [5.74, 6) is -0.761. The van der Waals surface area contributed by atoms with Crippen molar-refractivity contribution in [1.82, 2.24) is 4.98 Å². The second kappa shape index (κ2) is 4.50. The average Bonchev–Trinajstić information content (AvgIpc) is 2.17. The molecule has 1 rings (SSSR count). The van der Waals surface area contributed by atoms with E-state index < -0.39 is 12.1 Å². The molecule has 0 spiro atoms. The Balaban J connectivity index is 2.71. The van der Waals surface area contributed by atoms with Gasteiger partial charge in [0.15, 0.2) is 6.10 Å². The Bertz CT molecular complexity index is 334. The molecule has 0 saturated heterocycles. The summed E-state index contributed by atoms with van der Waals surface area (Å²) < 4.78 is 4.74. The van der Waals surface area contributed by atoms with E-state index in [1.54, 1.807) is 18.2 Å². The number of hydrogen-bond acceptors (Lipinski definition) is 4. The van der Waals surface area contributed by atoms with E-state index in [1.807, 2.05) is 0 Å². The van der Waals surface area contributed by atoms with Crippen LogP contribution in [-0.4, -0.2) is 22.8 Å². The molecule has 0 aliphatic rings. The smallest absolute Gasteiger partial charge is 0.303 e. The molecule has 0 amide bonds. The van der Waals surface area contributed by atoms with Crippen molar-refractivity contribution in [1.29, 1.82) is 0 Å². The first kappa shape index (κ1) is 10.4. The van der Waals surface area contributed by atoms with Gasteiger partial charge in [-0.15, -0.1) is 0 Å². The van der Waals surface area contributed by atoms with Gasteiger partial charge in [-0.1, -0.05) is 6.07 Å². The number of rotatable bonds is 3. The van der Waals surface area contributed by atoms with Crippen molar-refractivity contribution in [3.8, 4) is 0 Å². The Morgan fingerprint density at radius 3 is 2.64 bits per heavy atom. The molecule has 0 fully saturated rings. The molecule has 1 unspecified atom stereocenters. The lowest BCUT2D eigenvalue weighted by Gasteiger charge is -2.09. The van der Waals surface area contributed by atoms with E-state index in [0.717, 1.165) is 0 Å². The lowest BCUT2D eigenvalue weighted by Crippen LogP contribution is -2.23. The average molecular weight is 193 g/mol. The first-order valence-electron chi connectivity index (χ1n) is 4.23. The molecule has 1 aromatic rings. The summed E-state index contributed by atoms with van der Waals surface area (Å²) in [6.07, 6.45) is 0.746. The number of esters is 1. The molecule has 0 radical (unpaired) electrons. The molecule has 0 saturated carbocycles. The third-order valence-corrected chi connectivity index (χ3v) is 1.63. The number of ketones is 1. The molecule has 4 heteroatoms. The molecular formula is C10H11NO3. The topological polar surface area (TPSA) is 56.3 Å². The summed E-state index contributed by atoms with van der Waals surface area (Å²) in [4.78, 5) is 26.0. The van der Waals surface area contributed by atoms with Gasteiger partial charge in [-0.25, -0.2) is 0 Å². The van der Waals surface area contributed by atoms with Gasteiger partial charge in [0, 0.05) is 13.1 Å². The quantitative estimate of drug-likeness (QED) is 0.535. The summed E-state index contributed by atoms with van der Waals surface area (Å²) in [5.41, 5.74) is 0.307. The zero-order chi connectivity index (χ0) is 10.6. The third kappa shape index (κ3) is 2.65. The van der Waals surface area contributed by atoms with Gasteiger partial charge in [0.05, 0.1) is 0 Å². The highest BCUT2D eigenvalue weighted by atomic mass is 16.5. The van der Waals surface area contributed by atoms with Gasteiger partial charge in [0.1, 0.15) is 5.69 Å². The van der Waals surface area contributed by atoms with Gasteiger partial charge in [0.2, 0.25) is 5.78 Å². The minimum Gasteiger partial charge on any atom is -0.454 e. The number of Topliss-reactive ketones (excluding diaryl/α,β-unsaturated/α-hetero) is 1. The Morgan fingerprint density at radius 1 is 1.43 bits per heavy atom. The Labute approximate surface area is 81.9 Å². The van der Waals surface area contributed by atoms with Crippen molar-refractivity contribution in [2.75, 3.05) is 0 Å². The SMILES string of the molecule is CC(=O)OC(C)C(=O)c1ccccn1.